The molecule has 3 rings (SSSR count). The molecule has 0 unspecified atom stereocenters. The van der Waals surface area contributed by atoms with Crippen LogP contribution in [-0.4, -0.2) is 24.5 Å². The fourth-order valence-corrected chi connectivity index (χ4v) is 3.20. The van der Waals surface area contributed by atoms with Gasteiger partial charge in [-0.25, -0.2) is 18.5 Å². The Morgan fingerprint density at radius 2 is 1.89 bits per heavy atom. The standard InChI is InChI=1S/C19H20N4O3S/c1-14-3-2-4-16(13-14)23-12-11-22-18(19(23)24)21-10-9-15-5-7-17(8-6-15)27(20,25)26/h2-8,11-13H,9-10H2,1H3,(H,21,22)(H2,20,25,26). The van der Waals surface area contributed by atoms with E-state index in [0.717, 1.165) is 16.8 Å². The first-order chi connectivity index (χ1) is 12.8. The van der Waals surface area contributed by atoms with Crippen molar-refractivity contribution in [1.82, 2.24) is 9.55 Å². The minimum Gasteiger partial charge on any atom is -0.365 e. The van der Waals surface area contributed by atoms with E-state index in [1.807, 2.05) is 31.2 Å². The zero-order valence-corrected chi connectivity index (χ0v) is 15.6. The van der Waals surface area contributed by atoms with Gasteiger partial charge in [0.1, 0.15) is 0 Å². The number of hydrogen-bond donors (Lipinski definition) is 2. The predicted molar refractivity (Wildman–Crippen MR) is 105 cm³/mol. The van der Waals surface area contributed by atoms with Gasteiger partial charge in [-0.05, 0) is 48.7 Å². The molecule has 0 amide bonds. The lowest BCUT2D eigenvalue weighted by molar-refractivity contribution is 0.598. The second kappa shape index (κ2) is 7.73. The van der Waals surface area contributed by atoms with E-state index >= 15 is 0 Å². The Morgan fingerprint density at radius 3 is 2.56 bits per heavy atom. The first-order valence-electron chi connectivity index (χ1n) is 8.35. The Kier molecular flexibility index (Phi) is 5.38. The summed E-state index contributed by atoms with van der Waals surface area (Å²) in [5.41, 5.74) is 2.54. The number of aryl methyl sites for hydroxylation is 1. The molecule has 0 bridgehead atoms. The summed E-state index contributed by atoms with van der Waals surface area (Å²) in [6.45, 7) is 2.45. The molecule has 2 aromatic carbocycles. The Labute approximate surface area is 157 Å². The quantitative estimate of drug-likeness (QED) is 0.674. The highest BCUT2D eigenvalue weighted by atomic mass is 32.2. The van der Waals surface area contributed by atoms with E-state index in [9.17, 15) is 13.2 Å². The summed E-state index contributed by atoms with van der Waals surface area (Å²) in [5, 5.41) is 8.13. The van der Waals surface area contributed by atoms with Crippen molar-refractivity contribution in [2.45, 2.75) is 18.2 Å². The van der Waals surface area contributed by atoms with Crippen LogP contribution >= 0.6 is 0 Å². The van der Waals surface area contributed by atoms with Crippen molar-refractivity contribution in [3.05, 3.63) is 82.4 Å². The van der Waals surface area contributed by atoms with Crippen molar-refractivity contribution >= 4 is 15.8 Å². The zero-order chi connectivity index (χ0) is 19.4. The molecule has 140 valence electrons. The number of nitrogens with two attached hydrogens (primary N) is 1. The molecule has 7 nitrogen and oxygen atoms in total. The van der Waals surface area contributed by atoms with Crippen LogP contribution in [-0.2, 0) is 16.4 Å². The molecule has 0 spiro atoms. The summed E-state index contributed by atoms with van der Waals surface area (Å²) in [4.78, 5) is 16.8. The largest absolute Gasteiger partial charge is 0.365 e. The molecule has 0 aliphatic rings. The second-order valence-corrected chi connectivity index (χ2v) is 7.72. The van der Waals surface area contributed by atoms with E-state index in [-0.39, 0.29) is 16.3 Å². The maximum Gasteiger partial charge on any atom is 0.297 e. The van der Waals surface area contributed by atoms with Crippen LogP contribution in [0, 0.1) is 6.92 Å². The van der Waals surface area contributed by atoms with Crippen LogP contribution in [0.5, 0.6) is 0 Å². The summed E-state index contributed by atoms with van der Waals surface area (Å²) in [6.07, 6.45) is 3.81. The highest BCUT2D eigenvalue weighted by Crippen LogP contribution is 2.10. The van der Waals surface area contributed by atoms with Gasteiger partial charge in [-0.2, -0.15) is 0 Å². The fourth-order valence-electron chi connectivity index (χ4n) is 2.68. The van der Waals surface area contributed by atoms with Crippen LogP contribution in [0.15, 0.2) is 70.6 Å². The monoisotopic (exact) mass is 384 g/mol. The van der Waals surface area contributed by atoms with Gasteiger partial charge in [-0.15, -0.1) is 0 Å². The highest BCUT2D eigenvalue weighted by Gasteiger charge is 2.08. The van der Waals surface area contributed by atoms with Crippen LogP contribution in [0.1, 0.15) is 11.1 Å². The number of rotatable bonds is 6. The van der Waals surface area contributed by atoms with Gasteiger partial charge in [-0.1, -0.05) is 24.3 Å². The Balaban J connectivity index is 1.70. The average Bonchev–Trinajstić information content (AvgIpc) is 2.63. The van der Waals surface area contributed by atoms with E-state index in [0.29, 0.717) is 13.0 Å². The number of sulfonamides is 1. The Bertz CT molecular complexity index is 1110. The number of benzene rings is 2. The molecule has 3 N–H and O–H groups in total. The molecule has 0 saturated carbocycles. The van der Waals surface area contributed by atoms with Gasteiger partial charge in [0.2, 0.25) is 10.0 Å². The van der Waals surface area contributed by atoms with Crippen LogP contribution in [0.25, 0.3) is 5.69 Å². The number of hydrogen-bond acceptors (Lipinski definition) is 5. The zero-order valence-electron chi connectivity index (χ0n) is 14.8. The molecule has 0 aliphatic heterocycles. The van der Waals surface area contributed by atoms with Gasteiger partial charge >= 0.3 is 0 Å². The van der Waals surface area contributed by atoms with E-state index < -0.39 is 10.0 Å². The lowest BCUT2D eigenvalue weighted by Crippen LogP contribution is -2.24. The molecular formula is C19H20N4O3S. The van der Waals surface area contributed by atoms with Crippen molar-refractivity contribution in [3.8, 4) is 5.69 Å². The van der Waals surface area contributed by atoms with E-state index in [1.165, 1.54) is 12.1 Å². The molecule has 8 heteroatoms. The normalized spacial score (nSPS) is 11.3. The van der Waals surface area contributed by atoms with Gasteiger partial charge in [0.05, 0.1) is 4.90 Å². The molecule has 0 saturated heterocycles. The maximum absolute atomic E-state index is 12.6. The van der Waals surface area contributed by atoms with Crippen LogP contribution in [0.2, 0.25) is 0 Å². The van der Waals surface area contributed by atoms with Gasteiger partial charge in [0.15, 0.2) is 5.82 Å². The number of primary sulfonamides is 1. The summed E-state index contributed by atoms with van der Waals surface area (Å²) < 4.78 is 24.1. The van der Waals surface area contributed by atoms with Crippen LogP contribution < -0.4 is 16.0 Å². The first kappa shape index (κ1) is 18.8. The number of nitrogens with zero attached hydrogens (tertiary/aromatic N) is 2. The third kappa shape index (κ3) is 4.60. The fraction of sp³-hybridized carbons (Fsp3) is 0.158. The average molecular weight is 384 g/mol. The number of nitrogens with one attached hydrogen (secondary N) is 1. The molecule has 1 heterocycles. The van der Waals surface area contributed by atoms with Gasteiger partial charge in [-0.3, -0.25) is 9.36 Å². The molecule has 0 fully saturated rings. The van der Waals surface area contributed by atoms with Crippen molar-refractivity contribution in [3.63, 3.8) is 0 Å². The smallest absolute Gasteiger partial charge is 0.297 e. The van der Waals surface area contributed by atoms with E-state index in [4.69, 9.17) is 5.14 Å². The molecule has 1 aromatic heterocycles. The SMILES string of the molecule is Cc1cccc(-n2ccnc(NCCc3ccc(S(N)(=O)=O)cc3)c2=O)c1. The lowest BCUT2D eigenvalue weighted by atomic mass is 10.1. The van der Waals surface area contributed by atoms with Crippen molar-refractivity contribution in [1.29, 1.82) is 0 Å². The highest BCUT2D eigenvalue weighted by molar-refractivity contribution is 7.89. The van der Waals surface area contributed by atoms with Crippen LogP contribution in [0.3, 0.4) is 0 Å². The molecule has 0 atom stereocenters. The molecule has 3 aromatic rings. The minimum absolute atomic E-state index is 0.0741. The van der Waals surface area contributed by atoms with Gasteiger partial charge in [0, 0.05) is 24.6 Å². The topological polar surface area (TPSA) is 107 Å². The van der Waals surface area contributed by atoms with Crippen molar-refractivity contribution in [2.24, 2.45) is 5.14 Å². The third-order valence-electron chi connectivity index (χ3n) is 4.08. The Hall–Kier alpha value is -2.97. The van der Waals surface area contributed by atoms with Gasteiger partial charge < -0.3 is 5.32 Å². The molecule has 0 aliphatic carbocycles. The summed E-state index contributed by atoms with van der Waals surface area (Å²) in [6, 6.07) is 14.0. The first-order valence-corrected chi connectivity index (χ1v) is 9.89. The number of anilines is 1. The number of aromatic nitrogens is 2. The van der Waals surface area contributed by atoms with Crippen molar-refractivity contribution in [2.75, 3.05) is 11.9 Å². The van der Waals surface area contributed by atoms with Crippen LogP contribution in [0.4, 0.5) is 5.82 Å². The molecular weight excluding hydrogens is 364 g/mol. The van der Waals surface area contributed by atoms with E-state index in [2.05, 4.69) is 10.3 Å². The summed E-state index contributed by atoms with van der Waals surface area (Å²) in [7, 11) is -3.69. The lowest BCUT2D eigenvalue weighted by Gasteiger charge is -2.10. The Morgan fingerprint density at radius 1 is 1.15 bits per heavy atom. The molecule has 0 radical (unpaired) electrons. The van der Waals surface area contributed by atoms with Gasteiger partial charge in [0.25, 0.3) is 5.56 Å². The third-order valence-corrected chi connectivity index (χ3v) is 5.01. The maximum atomic E-state index is 12.6. The predicted octanol–water partition coefficient (Wildman–Crippen LogP) is 1.84. The van der Waals surface area contributed by atoms with E-state index in [1.54, 1.807) is 29.1 Å². The van der Waals surface area contributed by atoms with Crippen molar-refractivity contribution < 1.29 is 8.42 Å². The molecule has 27 heavy (non-hydrogen) atoms. The second-order valence-electron chi connectivity index (χ2n) is 6.16. The summed E-state index contributed by atoms with van der Waals surface area (Å²) in [5.74, 6) is 0.264. The minimum atomic E-state index is -3.69. The summed E-state index contributed by atoms with van der Waals surface area (Å²) >= 11 is 0.